The van der Waals surface area contributed by atoms with Gasteiger partial charge >= 0.3 is 5.97 Å². The van der Waals surface area contributed by atoms with Gasteiger partial charge in [-0.3, -0.25) is 14.3 Å². The van der Waals surface area contributed by atoms with E-state index in [1.165, 1.54) is 12.1 Å². The zero-order chi connectivity index (χ0) is 20.0. The summed E-state index contributed by atoms with van der Waals surface area (Å²) in [5, 5.41) is 29.5. The highest BCUT2D eigenvalue weighted by Crippen LogP contribution is 2.24. The van der Waals surface area contributed by atoms with Crippen LogP contribution in [0.25, 0.3) is 0 Å². The monoisotopic (exact) mass is 382 g/mol. The highest BCUT2D eigenvalue weighted by atomic mass is 16.8. The molecule has 9 heteroatoms. The van der Waals surface area contributed by atoms with Crippen LogP contribution in [0.15, 0.2) is 24.3 Å². The molecule has 0 bridgehead atoms. The number of hydrogen-bond acceptors (Lipinski definition) is 9. The van der Waals surface area contributed by atoms with E-state index in [4.69, 9.17) is 9.47 Å². The van der Waals surface area contributed by atoms with Gasteiger partial charge in [-0.05, 0) is 12.5 Å². The number of ketones is 1. The molecule has 0 saturated carbocycles. The molecule has 0 radical (unpaired) electrons. The number of carbonyl (C=O) groups excluding carboxylic acids is 3. The van der Waals surface area contributed by atoms with Crippen LogP contribution in [0.3, 0.4) is 0 Å². The summed E-state index contributed by atoms with van der Waals surface area (Å²) in [4.78, 5) is 35.2. The molecule has 1 heterocycles. The van der Waals surface area contributed by atoms with Gasteiger partial charge in [0.15, 0.2) is 5.78 Å². The summed E-state index contributed by atoms with van der Waals surface area (Å²) < 4.78 is 14.6. The van der Waals surface area contributed by atoms with Crippen molar-refractivity contribution in [2.24, 2.45) is 0 Å². The molecule has 2 rings (SSSR count). The van der Waals surface area contributed by atoms with Gasteiger partial charge in [-0.25, -0.2) is 4.79 Å². The second-order valence-electron chi connectivity index (χ2n) is 6.05. The molecule has 1 saturated heterocycles. The van der Waals surface area contributed by atoms with Gasteiger partial charge in [0, 0.05) is 12.0 Å². The lowest BCUT2D eigenvalue weighted by atomic mass is 10.00. The molecule has 1 aromatic carbocycles. The molecule has 2 unspecified atom stereocenters. The molecular formula is C18H22O9. The van der Waals surface area contributed by atoms with Crippen LogP contribution < -0.4 is 0 Å². The third kappa shape index (κ3) is 4.89. The van der Waals surface area contributed by atoms with Crippen molar-refractivity contribution in [1.29, 1.82) is 0 Å². The maximum Gasteiger partial charge on any atom is 0.341 e. The Kier molecular flexibility index (Phi) is 7.43. The van der Waals surface area contributed by atoms with E-state index in [-0.39, 0.29) is 29.8 Å². The second-order valence-corrected chi connectivity index (χ2v) is 6.05. The van der Waals surface area contributed by atoms with Crippen LogP contribution >= 0.6 is 0 Å². The SMILES string of the molecule is CCCCC(=O)c1ccccc1C(=O)O[C@@H]1OC(OC=O)[C@H](O)C(O)[C@@H]1O. The maximum absolute atomic E-state index is 12.5. The van der Waals surface area contributed by atoms with Gasteiger partial charge in [0.05, 0.1) is 5.56 Å². The smallest absolute Gasteiger partial charge is 0.341 e. The van der Waals surface area contributed by atoms with Crippen LogP contribution in [0.1, 0.15) is 46.9 Å². The standard InChI is InChI=1S/C18H22O9/c1-2-3-8-12(20)10-6-4-5-7-11(10)16(24)26-18-15(23)13(21)14(22)17(27-18)25-9-19/h4-7,9,13-15,17-18,21-23H,2-3,8H2,1H3/t13?,14-,15+,17?,18-/m1/s1. The first-order chi connectivity index (χ1) is 12.9. The highest BCUT2D eigenvalue weighted by Gasteiger charge is 2.47. The van der Waals surface area contributed by atoms with Gasteiger partial charge in [0.1, 0.15) is 18.3 Å². The lowest BCUT2D eigenvalue weighted by molar-refractivity contribution is -0.327. The summed E-state index contributed by atoms with van der Waals surface area (Å²) in [5.41, 5.74) is 0.144. The fourth-order valence-corrected chi connectivity index (χ4v) is 2.63. The molecule has 0 aliphatic carbocycles. The van der Waals surface area contributed by atoms with E-state index in [0.717, 1.165) is 6.42 Å². The van der Waals surface area contributed by atoms with Crippen LogP contribution in [-0.2, 0) is 19.0 Å². The van der Waals surface area contributed by atoms with E-state index < -0.39 is 36.9 Å². The fraction of sp³-hybridized carbons (Fsp3) is 0.500. The molecule has 0 spiro atoms. The van der Waals surface area contributed by atoms with E-state index >= 15 is 0 Å². The Balaban J connectivity index is 2.16. The number of aliphatic hydroxyl groups excluding tert-OH is 3. The van der Waals surface area contributed by atoms with Crippen LogP contribution in [0.5, 0.6) is 0 Å². The summed E-state index contributed by atoms with van der Waals surface area (Å²) >= 11 is 0. The Morgan fingerprint density at radius 3 is 2.33 bits per heavy atom. The first-order valence-electron chi connectivity index (χ1n) is 8.52. The third-order valence-electron chi connectivity index (χ3n) is 4.14. The summed E-state index contributed by atoms with van der Waals surface area (Å²) in [5.74, 6) is -1.19. The van der Waals surface area contributed by atoms with E-state index in [1.54, 1.807) is 12.1 Å². The number of benzene rings is 1. The van der Waals surface area contributed by atoms with Gasteiger partial charge < -0.3 is 24.8 Å². The Morgan fingerprint density at radius 2 is 1.70 bits per heavy atom. The Bertz CT molecular complexity index is 675. The van der Waals surface area contributed by atoms with Crippen molar-refractivity contribution in [2.75, 3.05) is 0 Å². The lowest BCUT2D eigenvalue weighted by Gasteiger charge is -2.38. The first-order valence-corrected chi connectivity index (χ1v) is 8.52. The molecule has 0 aromatic heterocycles. The van der Waals surface area contributed by atoms with Crippen LogP contribution in [-0.4, -0.2) is 64.4 Å². The van der Waals surface area contributed by atoms with Crippen molar-refractivity contribution in [3.63, 3.8) is 0 Å². The number of ether oxygens (including phenoxy) is 3. The predicted molar refractivity (Wildman–Crippen MR) is 89.5 cm³/mol. The zero-order valence-corrected chi connectivity index (χ0v) is 14.7. The summed E-state index contributed by atoms with van der Waals surface area (Å²) in [7, 11) is 0. The van der Waals surface area contributed by atoms with E-state index in [2.05, 4.69) is 4.74 Å². The largest absolute Gasteiger partial charge is 0.435 e. The van der Waals surface area contributed by atoms with Crippen LogP contribution in [0, 0.1) is 0 Å². The van der Waals surface area contributed by atoms with Gasteiger partial charge in [0.2, 0.25) is 12.6 Å². The molecule has 3 N–H and O–H groups in total. The van der Waals surface area contributed by atoms with E-state index in [1.807, 2.05) is 6.92 Å². The minimum atomic E-state index is -1.78. The second kappa shape index (κ2) is 9.56. The van der Waals surface area contributed by atoms with Crippen LogP contribution in [0.2, 0.25) is 0 Å². The molecule has 1 fully saturated rings. The van der Waals surface area contributed by atoms with Gasteiger partial charge in [-0.2, -0.15) is 0 Å². The lowest BCUT2D eigenvalue weighted by Crippen LogP contribution is -2.59. The average Bonchev–Trinajstić information content (AvgIpc) is 2.68. The summed E-state index contributed by atoms with van der Waals surface area (Å²) in [6.07, 6.45) is -6.85. The topological polar surface area (TPSA) is 140 Å². The number of rotatable bonds is 8. The van der Waals surface area contributed by atoms with Gasteiger partial charge in [0.25, 0.3) is 6.47 Å². The molecule has 9 nitrogen and oxygen atoms in total. The van der Waals surface area contributed by atoms with Crippen molar-refractivity contribution in [1.82, 2.24) is 0 Å². The number of carbonyl (C=O) groups is 3. The van der Waals surface area contributed by atoms with Crippen molar-refractivity contribution in [2.45, 2.75) is 57.1 Å². The number of hydrogen-bond donors (Lipinski definition) is 3. The zero-order valence-electron chi connectivity index (χ0n) is 14.7. The van der Waals surface area contributed by atoms with E-state index in [0.29, 0.717) is 6.42 Å². The Labute approximate surface area is 155 Å². The molecule has 1 aliphatic heterocycles. The quantitative estimate of drug-likeness (QED) is 0.326. The fourth-order valence-electron chi connectivity index (χ4n) is 2.63. The molecular weight excluding hydrogens is 360 g/mol. The number of esters is 1. The predicted octanol–water partition coefficient (Wildman–Crippen LogP) is 0.154. The van der Waals surface area contributed by atoms with Gasteiger partial charge in [-0.1, -0.05) is 31.5 Å². The molecule has 1 aromatic rings. The molecule has 1 aliphatic rings. The third-order valence-corrected chi connectivity index (χ3v) is 4.14. The first kappa shape index (κ1) is 21.0. The van der Waals surface area contributed by atoms with Crippen molar-refractivity contribution in [3.8, 4) is 0 Å². The Morgan fingerprint density at radius 1 is 1.07 bits per heavy atom. The molecule has 148 valence electrons. The highest BCUT2D eigenvalue weighted by molar-refractivity contribution is 6.06. The Hall–Kier alpha value is -2.33. The summed E-state index contributed by atoms with van der Waals surface area (Å²) in [6.45, 7) is 1.92. The van der Waals surface area contributed by atoms with Crippen molar-refractivity contribution in [3.05, 3.63) is 35.4 Å². The number of unbranched alkanes of at least 4 members (excludes halogenated alkanes) is 1. The van der Waals surface area contributed by atoms with E-state index in [9.17, 15) is 29.7 Å². The van der Waals surface area contributed by atoms with Crippen molar-refractivity contribution >= 4 is 18.2 Å². The van der Waals surface area contributed by atoms with Gasteiger partial charge in [-0.15, -0.1) is 0 Å². The molecule has 0 amide bonds. The number of Topliss-reactive ketones (excluding diaryl/α,β-unsaturated/α-hetero) is 1. The van der Waals surface area contributed by atoms with Crippen LogP contribution in [0.4, 0.5) is 0 Å². The molecule has 5 atom stereocenters. The normalized spacial score (nSPS) is 27.6. The molecule has 27 heavy (non-hydrogen) atoms. The minimum Gasteiger partial charge on any atom is -0.435 e. The summed E-state index contributed by atoms with van der Waals surface area (Å²) in [6, 6.07) is 6.03. The average molecular weight is 382 g/mol. The number of aliphatic hydroxyl groups is 3. The minimum absolute atomic E-state index is 0.0150. The van der Waals surface area contributed by atoms with Crippen molar-refractivity contribution < 1.29 is 43.9 Å². The maximum atomic E-state index is 12.5.